The van der Waals surface area contributed by atoms with Crippen molar-refractivity contribution >= 4 is 5.71 Å². The third kappa shape index (κ3) is 3.38. The molecule has 0 saturated carbocycles. The third-order valence-corrected chi connectivity index (χ3v) is 3.22. The molecule has 0 bridgehead atoms. The summed E-state index contributed by atoms with van der Waals surface area (Å²) >= 11 is 0. The molecule has 1 N–H and O–H groups in total. The summed E-state index contributed by atoms with van der Waals surface area (Å²) < 4.78 is 5.90. The Labute approximate surface area is 119 Å². The predicted molar refractivity (Wildman–Crippen MR) is 80.5 cm³/mol. The Morgan fingerprint density at radius 1 is 1.10 bits per heavy atom. The van der Waals surface area contributed by atoms with Gasteiger partial charge in [-0.1, -0.05) is 42.4 Å². The van der Waals surface area contributed by atoms with E-state index in [1.807, 2.05) is 68.4 Å². The van der Waals surface area contributed by atoms with Crippen molar-refractivity contribution in [2.75, 3.05) is 0 Å². The van der Waals surface area contributed by atoms with E-state index in [9.17, 15) is 0 Å². The first-order valence-electron chi connectivity index (χ1n) is 6.77. The van der Waals surface area contributed by atoms with Crippen LogP contribution in [0.4, 0.5) is 0 Å². The summed E-state index contributed by atoms with van der Waals surface area (Å²) in [4.78, 5) is 0. The molecule has 0 aliphatic carbocycles. The van der Waals surface area contributed by atoms with Gasteiger partial charge in [0.05, 0.1) is 5.71 Å². The van der Waals surface area contributed by atoms with Crippen molar-refractivity contribution in [1.82, 2.24) is 0 Å². The first-order chi connectivity index (χ1) is 9.74. The summed E-state index contributed by atoms with van der Waals surface area (Å²) in [5.41, 5.74) is 2.73. The minimum Gasteiger partial charge on any atom is -0.486 e. The molecule has 3 heteroatoms. The molecule has 1 atom stereocenters. The molecule has 0 radical (unpaired) electrons. The maximum atomic E-state index is 8.90. The molecule has 1 unspecified atom stereocenters. The highest BCUT2D eigenvalue weighted by Gasteiger charge is 2.07. The van der Waals surface area contributed by atoms with E-state index in [1.54, 1.807) is 0 Å². The van der Waals surface area contributed by atoms with Crippen LogP contribution >= 0.6 is 0 Å². The number of hydrogen-bond acceptors (Lipinski definition) is 3. The Balaban J connectivity index is 2.08. The van der Waals surface area contributed by atoms with Crippen molar-refractivity contribution in [2.45, 2.75) is 26.4 Å². The third-order valence-electron chi connectivity index (χ3n) is 3.22. The van der Waals surface area contributed by atoms with E-state index in [1.165, 1.54) is 0 Å². The van der Waals surface area contributed by atoms with Gasteiger partial charge in [-0.25, -0.2) is 0 Å². The molecule has 2 aromatic rings. The molecule has 2 rings (SSSR count). The normalized spacial score (nSPS) is 13.0. The second-order valence-corrected chi connectivity index (χ2v) is 4.60. The van der Waals surface area contributed by atoms with Crippen LogP contribution in [0.5, 0.6) is 5.75 Å². The first kappa shape index (κ1) is 14.1. The van der Waals surface area contributed by atoms with Gasteiger partial charge in [0.1, 0.15) is 11.9 Å². The van der Waals surface area contributed by atoms with Gasteiger partial charge in [0, 0.05) is 0 Å². The summed E-state index contributed by atoms with van der Waals surface area (Å²) in [5, 5.41) is 12.2. The Morgan fingerprint density at radius 3 is 2.30 bits per heavy atom. The molecular weight excluding hydrogens is 250 g/mol. The van der Waals surface area contributed by atoms with E-state index in [-0.39, 0.29) is 6.10 Å². The molecule has 0 aliphatic heterocycles. The van der Waals surface area contributed by atoms with E-state index in [0.717, 1.165) is 16.9 Å². The monoisotopic (exact) mass is 269 g/mol. The lowest BCUT2D eigenvalue weighted by molar-refractivity contribution is 0.227. The summed E-state index contributed by atoms with van der Waals surface area (Å²) in [7, 11) is 0. The smallest absolute Gasteiger partial charge is 0.121 e. The number of rotatable bonds is 5. The van der Waals surface area contributed by atoms with Crippen LogP contribution in [0.3, 0.4) is 0 Å². The Hall–Kier alpha value is -2.29. The Kier molecular flexibility index (Phi) is 4.77. The van der Waals surface area contributed by atoms with Crippen LogP contribution < -0.4 is 4.74 Å². The zero-order chi connectivity index (χ0) is 14.4. The largest absolute Gasteiger partial charge is 0.486 e. The van der Waals surface area contributed by atoms with Gasteiger partial charge in [0.2, 0.25) is 0 Å². The lowest BCUT2D eigenvalue weighted by atomic mass is 10.1. The average Bonchev–Trinajstić information content (AvgIpc) is 2.51. The van der Waals surface area contributed by atoms with Gasteiger partial charge in [0.15, 0.2) is 0 Å². The van der Waals surface area contributed by atoms with Gasteiger partial charge < -0.3 is 9.94 Å². The van der Waals surface area contributed by atoms with Crippen LogP contribution in [0.25, 0.3) is 0 Å². The Bertz CT molecular complexity index is 561. The van der Waals surface area contributed by atoms with Gasteiger partial charge in [-0.2, -0.15) is 0 Å². The van der Waals surface area contributed by atoms with E-state index < -0.39 is 0 Å². The molecule has 0 saturated heterocycles. The van der Waals surface area contributed by atoms with Crippen molar-refractivity contribution in [3.05, 3.63) is 65.7 Å². The fourth-order valence-electron chi connectivity index (χ4n) is 2.05. The number of ether oxygens (including phenoxy) is 1. The molecule has 20 heavy (non-hydrogen) atoms. The lowest BCUT2D eigenvalue weighted by Gasteiger charge is -2.15. The molecule has 0 fully saturated rings. The summed E-state index contributed by atoms with van der Waals surface area (Å²) in [6.45, 7) is 3.98. The lowest BCUT2D eigenvalue weighted by Crippen LogP contribution is -2.03. The van der Waals surface area contributed by atoms with Gasteiger partial charge in [-0.3, -0.25) is 0 Å². The molecule has 3 nitrogen and oxygen atoms in total. The molecular formula is C17H19NO2. The van der Waals surface area contributed by atoms with Gasteiger partial charge in [-0.05, 0) is 48.7 Å². The van der Waals surface area contributed by atoms with Crippen LogP contribution in [-0.4, -0.2) is 10.9 Å². The second kappa shape index (κ2) is 6.75. The summed E-state index contributed by atoms with van der Waals surface area (Å²) in [5.74, 6) is 0.804. The standard InChI is InChI=1S/C17H19NO2/c1-3-17(18-19)15-9-11-16(12-10-15)20-13(2)14-7-5-4-6-8-14/h4-13,19H,3H2,1-2H3. The molecule has 104 valence electrons. The van der Waals surface area contributed by atoms with Crippen LogP contribution in [0.2, 0.25) is 0 Å². The number of hydrogen-bond donors (Lipinski definition) is 1. The van der Waals surface area contributed by atoms with Crippen LogP contribution in [0.1, 0.15) is 37.5 Å². The highest BCUT2D eigenvalue weighted by molar-refractivity contribution is 6.00. The van der Waals surface area contributed by atoms with E-state index in [4.69, 9.17) is 9.94 Å². The van der Waals surface area contributed by atoms with Crippen LogP contribution in [0.15, 0.2) is 59.8 Å². The number of oxime groups is 1. The maximum Gasteiger partial charge on any atom is 0.121 e. The molecule has 0 aromatic heterocycles. The zero-order valence-corrected chi connectivity index (χ0v) is 11.8. The highest BCUT2D eigenvalue weighted by atomic mass is 16.5. The van der Waals surface area contributed by atoms with Crippen molar-refractivity contribution in [3.63, 3.8) is 0 Å². The average molecular weight is 269 g/mol. The van der Waals surface area contributed by atoms with Gasteiger partial charge in [-0.15, -0.1) is 0 Å². The Morgan fingerprint density at radius 2 is 1.75 bits per heavy atom. The fraction of sp³-hybridized carbons (Fsp3) is 0.235. The molecule has 0 spiro atoms. The predicted octanol–water partition coefficient (Wildman–Crippen LogP) is 4.41. The van der Waals surface area contributed by atoms with Crippen molar-refractivity contribution < 1.29 is 9.94 Å². The SMILES string of the molecule is CCC(=NO)c1ccc(OC(C)c2ccccc2)cc1. The van der Waals surface area contributed by atoms with Crippen molar-refractivity contribution in [1.29, 1.82) is 0 Å². The molecule has 0 aliphatic rings. The minimum absolute atomic E-state index is 0.000737. The topological polar surface area (TPSA) is 41.8 Å². The maximum absolute atomic E-state index is 8.90. The quantitative estimate of drug-likeness (QED) is 0.496. The molecule has 2 aromatic carbocycles. The van der Waals surface area contributed by atoms with E-state index in [2.05, 4.69) is 5.16 Å². The first-order valence-corrected chi connectivity index (χ1v) is 6.77. The van der Waals surface area contributed by atoms with Crippen LogP contribution in [-0.2, 0) is 0 Å². The van der Waals surface area contributed by atoms with E-state index >= 15 is 0 Å². The zero-order valence-electron chi connectivity index (χ0n) is 11.8. The van der Waals surface area contributed by atoms with Crippen molar-refractivity contribution in [3.8, 4) is 5.75 Å². The van der Waals surface area contributed by atoms with Crippen molar-refractivity contribution in [2.24, 2.45) is 5.16 Å². The molecule has 0 heterocycles. The van der Waals surface area contributed by atoms with Gasteiger partial charge in [0.25, 0.3) is 0 Å². The minimum atomic E-state index is -0.000737. The summed E-state index contributed by atoms with van der Waals surface area (Å²) in [6, 6.07) is 17.7. The fourth-order valence-corrected chi connectivity index (χ4v) is 2.05. The summed E-state index contributed by atoms with van der Waals surface area (Å²) in [6.07, 6.45) is 0.691. The number of benzene rings is 2. The van der Waals surface area contributed by atoms with Crippen LogP contribution in [0, 0.1) is 0 Å². The van der Waals surface area contributed by atoms with E-state index in [0.29, 0.717) is 12.1 Å². The number of nitrogens with zero attached hydrogens (tertiary/aromatic N) is 1. The second-order valence-electron chi connectivity index (χ2n) is 4.60. The van der Waals surface area contributed by atoms with Gasteiger partial charge >= 0.3 is 0 Å². The molecule has 0 amide bonds. The highest BCUT2D eigenvalue weighted by Crippen LogP contribution is 2.22.